The molecule has 0 spiro atoms. The molecule has 5 heterocycles. The Bertz CT molecular complexity index is 1200. The number of nitrogens with two attached hydrogens (primary N) is 1. The van der Waals surface area contributed by atoms with Crippen molar-refractivity contribution in [3.8, 4) is 0 Å². The second-order valence-electron chi connectivity index (χ2n) is 8.03. The SMILES string of the molecule is CCc1[nH]c2nc(Sc3cnc(N4CCC4)c([N+](=O)[O-])c3)nc(N3CC[C@@H](N)C3)c2c1Cl. The summed E-state index contributed by atoms with van der Waals surface area (Å²) in [6, 6.07) is 1.63. The molecule has 0 saturated carbocycles. The number of halogens is 1. The van der Waals surface area contributed by atoms with E-state index >= 15 is 0 Å². The van der Waals surface area contributed by atoms with E-state index in [2.05, 4.69) is 19.9 Å². The Hall–Kier alpha value is -2.63. The number of nitrogens with zero attached hydrogens (tertiary/aromatic N) is 6. The molecule has 2 aliphatic rings. The van der Waals surface area contributed by atoms with Gasteiger partial charge in [-0.2, -0.15) is 0 Å². The van der Waals surface area contributed by atoms with Gasteiger partial charge in [-0.1, -0.05) is 18.5 Å². The largest absolute Gasteiger partial charge is 0.354 e. The lowest BCUT2D eigenvalue weighted by Crippen LogP contribution is -2.38. The van der Waals surface area contributed by atoms with Crippen LogP contribution < -0.4 is 15.5 Å². The minimum atomic E-state index is -0.385. The van der Waals surface area contributed by atoms with Gasteiger partial charge in [-0.3, -0.25) is 10.1 Å². The molecule has 32 heavy (non-hydrogen) atoms. The first-order valence-corrected chi connectivity index (χ1v) is 11.8. The van der Waals surface area contributed by atoms with E-state index in [-0.39, 0.29) is 16.7 Å². The molecule has 3 N–H and O–H groups in total. The fraction of sp³-hybridized carbons (Fsp3) is 0.450. The van der Waals surface area contributed by atoms with Crippen LogP contribution in [-0.2, 0) is 6.42 Å². The topological polar surface area (TPSA) is 130 Å². The highest BCUT2D eigenvalue weighted by Gasteiger charge is 2.28. The van der Waals surface area contributed by atoms with E-state index in [1.165, 1.54) is 11.8 Å². The van der Waals surface area contributed by atoms with Crippen molar-refractivity contribution >= 4 is 51.7 Å². The lowest BCUT2D eigenvalue weighted by atomic mass is 10.2. The normalized spacial score (nSPS) is 18.4. The number of aryl methyl sites for hydroxylation is 1. The van der Waals surface area contributed by atoms with Crippen molar-refractivity contribution in [1.29, 1.82) is 0 Å². The number of anilines is 2. The second kappa shape index (κ2) is 8.38. The Morgan fingerprint density at radius 2 is 2.12 bits per heavy atom. The average Bonchev–Trinajstić information content (AvgIpc) is 3.30. The van der Waals surface area contributed by atoms with Crippen LogP contribution in [0, 0.1) is 10.1 Å². The molecule has 0 unspecified atom stereocenters. The van der Waals surface area contributed by atoms with E-state index < -0.39 is 0 Å². The van der Waals surface area contributed by atoms with Gasteiger partial charge in [0.2, 0.25) is 5.82 Å². The molecule has 3 aromatic rings. The summed E-state index contributed by atoms with van der Waals surface area (Å²) in [6.45, 7) is 5.08. The van der Waals surface area contributed by atoms with E-state index in [0.717, 1.165) is 55.8 Å². The van der Waals surface area contributed by atoms with Crippen LogP contribution in [0.15, 0.2) is 22.3 Å². The first-order valence-electron chi connectivity index (χ1n) is 10.6. The van der Waals surface area contributed by atoms with Crippen LogP contribution in [0.5, 0.6) is 0 Å². The zero-order valence-electron chi connectivity index (χ0n) is 17.5. The minimum Gasteiger partial charge on any atom is -0.354 e. The van der Waals surface area contributed by atoms with Crippen LogP contribution in [0.4, 0.5) is 17.3 Å². The summed E-state index contributed by atoms with van der Waals surface area (Å²) in [5.74, 6) is 1.16. The predicted molar refractivity (Wildman–Crippen MR) is 125 cm³/mol. The molecule has 0 aromatic carbocycles. The van der Waals surface area contributed by atoms with Gasteiger partial charge in [0.1, 0.15) is 11.5 Å². The first kappa shape index (κ1) is 21.2. The number of aromatic nitrogens is 4. The zero-order valence-corrected chi connectivity index (χ0v) is 19.1. The molecular formula is C20H23ClN8O2S. The van der Waals surface area contributed by atoms with Crippen LogP contribution in [-0.4, -0.2) is 57.1 Å². The van der Waals surface area contributed by atoms with Gasteiger partial charge in [0, 0.05) is 55.1 Å². The number of nitrogens with one attached hydrogen (secondary N) is 1. The quantitative estimate of drug-likeness (QED) is 0.313. The summed E-state index contributed by atoms with van der Waals surface area (Å²) in [4.78, 5) is 33.0. The maximum absolute atomic E-state index is 11.6. The van der Waals surface area contributed by atoms with Crippen molar-refractivity contribution in [1.82, 2.24) is 19.9 Å². The van der Waals surface area contributed by atoms with Crippen LogP contribution in [0.3, 0.4) is 0 Å². The monoisotopic (exact) mass is 474 g/mol. The summed E-state index contributed by atoms with van der Waals surface area (Å²) in [6.07, 6.45) is 4.28. The third kappa shape index (κ3) is 3.74. The lowest BCUT2D eigenvalue weighted by Gasteiger charge is -2.31. The maximum atomic E-state index is 11.6. The molecule has 0 bridgehead atoms. The van der Waals surface area contributed by atoms with Crippen molar-refractivity contribution in [3.05, 3.63) is 33.1 Å². The summed E-state index contributed by atoms with van der Waals surface area (Å²) in [7, 11) is 0. The van der Waals surface area contributed by atoms with Gasteiger partial charge in [0.15, 0.2) is 5.16 Å². The van der Waals surface area contributed by atoms with Gasteiger partial charge in [0.05, 0.1) is 15.3 Å². The number of aromatic amines is 1. The Morgan fingerprint density at radius 3 is 2.75 bits per heavy atom. The van der Waals surface area contributed by atoms with Crippen LogP contribution in [0.2, 0.25) is 5.02 Å². The Morgan fingerprint density at radius 1 is 1.31 bits per heavy atom. The molecule has 1 atom stereocenters. The van der Waals surface area contributed by atoms with Crippen molar-refractivity contribution < 1.29 is 4.92 Å². The highest BCUT2D eigenvalue weighted by molar-refractivity contribution is 7.99. The predicted octanol–water partition coefficient (Wildman–Crippen LogP) is 3.38. The van der Waals surface area contributed by atoms with Crippen LogP contribution >= 0.6 is 23.4 Å². The maximum Gasteiger partial charge on any atom is 0.312 e. The standard InChI is InChI=1S/C20H23ClN8O2S/c1-2-13-16(21)15-17(24-13)25-20(26-19(15)28-7-4-11(22)10-28)32-12-8-14(29(30)31)18(23-9-12)27-5-3-6-27/h8-9,11H,2-7,10,22H2,1H3,(H,24,25,26)/t11-/m1/s1. The molecule has 0 aliphatic carbocycles. The third-order valence-corrected chi connectivity index (χ3v) is 7.13. The summed E-state index contributed by atoms with van der Waals surface area (Å²) >= 11 is 7.89. The van der Waals surface area contributed by atoms with E-state index in [1.807, 2.05) is 11.8 Å². The summed E-state index contributed by atoms with van der Waals surface area (Å²) in [5.41, 5.74) is 7.68. The van der Waals surface area contributed by atoms with Crippen LogP contribution in [0.25, 0.3) is 11.0 Å². The molecule has 10 nitrogen and oxygen atoms in total. The highest BCUT2D eigenvalue weighted by Crippen LogP contribution is 2.39. The van der Waals surface area contributed by atoms with Gasteiger partial charge >= 0.3 is 5.69 Å². The van der Waals surface area contributed by atoms with Gasteiger partial charge in [-0.15, -0.1) is 0 Å². The van der Waals surface area contributed by atoms with Crippen molar-refractivity contribution in [2.45, 2.75) is 42.3 Å². The van der Waals surface area contributed by atoms with Gasteiger partial charge in [0.25, 0.3) is 0 Å². The van der Waals surface area contributed by atoms with E-state index in [4.69, 9.17) is 22.3 Å². The number of fused-ring (bicyclic) bond motifs is 1. The number of pyridine rings is 1. The first-order chi connectivity index (χ1) is 15.4. The van der Waals surface area contributed by atoms with E-state index in [0.29, 0.717) is 33.1 Å². The number of H-pyrrole nitrogens is 1. The molecule has 0 radical (unpaired) electrons. The molecular weight excluding hydrogens is 452 g/mol. The molecule has 2 saturated heterocycles. The fourth-order valence-corrected chi connectivity index (χ4v) is 5.17. The minimum absolute atomic E-state index is 0.00212. The van der Waals surface area contributed by atoms with Crippen molar-refractivity contribution in [2.24, 2.45) is 5.73 Å². The Balaban J connectivity index is 1.54. The van der Waals surface area contributed by atoms with Crippen molar-refractivity contribution in [2.75, 3.05) is 36.0 Å². The zero-order chi connectivity index (χ0) is 22.4. The van der Waals surface area contributed by atoms with Gasteiger partial charge < -0.3 is 20.5 Å². The molecule has 3 aromatic heterocycles. The molecule has 5 rings (SSSR count). The van der Waals surface area contributed by atoms with Crippen LogP contribution in [0.1, 0.15) is 25.5 Å². The number of rotatable bonds is 6. The smallest absolute Gasteiger partial charge is 0.312 e. The number of hydrogen-bond acceptors (Lipinski definition) is 9. The lowest BCUT2D eigenvalue weighted by molar-refractivity contribution is -0.384. The number of nitro groups is 1. The number of hydrogen-bond donors (Lipinski definition) is 2. The second-order valence-corrected chi connectivity index (χ2v) is 9.45. The molecule has 0 amide bonds. The molecule has 168 valence electrons. The van der Waals surface area contributed by atoms with E-state index in [1.54, 1.807) is 12.3 Å². The summed E-state index contributed by atoms with van der Waals surface area (Å²) in [5, 5.41) is 13.5. The van der Waals surface area contributed by atoms with E-state index in [9.17, 15) is 10.1 Å². The van der Waals surface area contributed by atoms with Crippen molar-refractivity contribution in [3.63, 3.8) is 0 Å². The third-order valence-electron chi connectivity index (χ3n) is 5.88. The Labute approximate surface area is 193 Å². The molecule has 12 heteroatoms. The van der Waals surface area contributed by atoms with Gasteiger partial charge in [-0.05, 0) is 31.0 Å². The highest BCUT2D eigenvalue weighted by atomic mass is 35.5. The summed E-state index contributed by atoms with van der Waals surface area (Å²) < 4.78 is 0. The average molecular weight is 475 g/mol. The fourth-order valence-electron chi connectivity index (χ4n) is 4.06. The Kier molecular flexibility index (Phi) is 5.56. The molecule has 2 fully saturated rings. The molecule has 2 aliphatic heterocycles. The van der Waals surface area contributed by atoms with Gasteiger partial charge in [-0.25, -0.2) is 15.0 Å².